The summed E-state index contributed by atoms with van der Waals surface area (Å²) < 4.78 is 5.04. The fraction of sp³-hybridized carbons (Fsp3) is 0. The van der Waals surface area contributed by atoms with Gasteiger partial charge in [-0.3, -0.25) is 4.79 Å². The first-order chi connectivity index (χ1) is 5.40. The van der Waals surface area contributed by atoms with Crippen molar-refractivity contribution < 1.29 is 9.21 Å². The number of hydrogen-bond acceptors (Lipinski definition) is 1. The fourth-order valence-corrected chi connectivity index (χ4v) is 0.949. The minimum Gasteiger partial charge on any atom is -0.494 e. The molecule has 0 bridgehead atoms. The molecule has 1 aromatic carbocycles. The number of aromatic amines is 1. The first-order valence-corrected chi connectivity index (χ1v) is 3.16. The molecule has 0 saturated carbocycles. The Morgan fingerprint density at radius 1 is 1.36 bits per heavy atom. The maximum Gasteiger partial charge on any atom is 0.544 e. The molecule has 0 aliphatic rings. The normalized spacial score (nSPS) is 9.82. The van der Waals surface area contributed by atoms with Crippen LogP contribution in [0.3, 0.4) is 0 Å². The Balaban J connectivity index is 3.00. The van der Waals surface area contributed by atoms with Crippen molar-refractivity contribution in [1.82, 2.24) is 4.98 Å². The van der Waals surface area contributed by atoms with E-state index in [0.717, 1.165) is 5.52 Å². The Morgan fingerprint density at radius 3 is 2.91 bits per heavy atom. The van der Waals surface area contributed by atoms with Gasteiger partial charge >= 0.3 is 5.68 Å². The number of benzene rings is 1. The van der Waals surface area contributed by atoms with Gasteiger partial charge in [-0.25, -0.2) is 0 Å². The van der Waals surface area contributed by atoms with Crippen molar-refractivity contribution in [3.63, 3.8) is 0 Å². The minimum atomic E-state index is 0.117. The summed E-state index contributed by atoms with van der Waals surface area (Å²) in [5, 5.41) is 0. The lowest BCUT2D eigenvalue weighted by atomic mass is 10.3. The van der Waals surface area contributed by atoms with Gasteiger partial charge in [-0.05, 0) is 12.1 Å². The van der Waals surface area contributed by atoms with E-state index in [-0.39, 0.29) is 5.68 Å². The smallest absolute Gasteiger partial charge is 0.494 e. The zero-order chi connectivity index (χ0) is 7.68. The summed E-state index contributed by atoms with van der Waals surface area (Å²) in [5.41, 5.74) is 9.96. The van der Waals surface area contributed by atoms with Crippen LogP contribution in [-0.4, -0.2) is 9.77 Å². The van der Waals surface area contributed by atoms with E-state index in [0.29, 0.717) is 5.58 Å². The lowest BCUT2D eigenvalue weighted by Crippen LogP contribution is -1.99. The summed E-state index contributed by atoms with van der Waals surface area (Å²) in [6.45, 7) is 0. The third-order valence-electron chi connectivity index (χ3n) is 1.43. The molecule has 4 nitrogen and oxygen atoms in total. The number of oxazole rings is 1. The molecule has 1 N–H and O–H groups in total. The van der Waals surface area contributed by atoms with Crippen LogP contribution in [0.5, 0.6) is 0 Å². The molecule has 0 unspecified atom stereocenters. The number of aromatic nitrogens is 1. The predicted molar refractivity (Wildman–Crippen MR) is 37.3 cm³/mol. The molecule has 0 fully saturated rings. The predicted octanol–water partition coefficient (Wildman–Crippen LogP) is 0.891. The van der Waals surface area contributed by atoms with Crippen LogP contribution in [0.2, 0.25) is 0 Å². The second kappa shape index (κ2) is 2.11. The number of fused-ring (bicyclic) bond motifs is 1. The third-order valence-corrected chi connectivity index (χ3v) is 1.43. The van der Waals surface area contributed by atoms with Crippen LogP contribution >= 0.6 is 0 Å². The quantitative estimate of drug-likeness (QED) is 0.436. The zero-order valence-electron chi connectivity index (χ0n) is 5.61. The molecule has 0 spiro atoms. The number of nitrogens with zero attached hydrogens (tertiary/aromatic N) is 2. The van der Waals surface area contributed by atoms with Gasteiger partial charge in [0.2, 0.25) is 0 Å². The molecule has 0 saturated heterocycles. The summed E-state index contributed by atoms with van der Waals surface area (Å²) in [6.07, 6.45) is 0. The van der Waals surface area contributed by atoms with Crippen molar-refractivity contribution in [2.45, 2.75) is 0 Å². The van der Waals surface area contributed by atoms with E-state index < -0.39 is 0 Å². The van der Waals surface area contributed by atoms with Crippen molar-refractivity contribution in [2.75, 3.05) is 0 Å². The summed E-state index contributed by atoms with van der Waals surface area (Å²) in [7, 11) is 0. The van der Waals surface area contributed by atoms with Crippen molar-refractivity contribution in [3.8, 4) is 0 Å². The molecule has 54 valence electrons. The van der Waals surface area contributed by atoms with E-state index in [1.54, 1.807) is 6.07 Å². The minimum absolute atomic E-state index is 0.117. The maximum atomic E-state index is 8.34. The van der Waals surface area contributed by atoms with Gasteiger partial charge in [-0.1, -0.05) is 12.1 Å². The van der Waals surface area contributed by atoms with Crippen LogP contribution in [0, 0.1) is 0 Å². The van der Waals surface area contributed by atoms with Crippen LogP contribution in [0.1, 0.15) is 0 Å². The molecule has 0 atom stereocenters. The molecule has 0 amide bonds. The Bertz CT molecular complexity index is 425. The molecular formula is C7H5N3O. The Labute approximate surface area is 61.7 Å². The number of nitrogens with one attached hydrogen (secondary N) is 1. The lowest BCUT2D eigenvalue weighted by Gasteiger charge is -1.76. The molecule has 11 heavy (non-hydrogen) atoms. The largest absolute Gasteiger partial charge is 0.544 e. The van der Waals surface area contributed by atoms with Crippen molar-refractivity contribution in [2.24, 2.45) is 0 Å². The molecule has 0 radical (unpaired) electrons. The first-order valence-electron chi connectivity index (χ1n) is 3.16. The van der Waals surface area contributed by atoms with Crippen LogP contribution < -0.4 is 5.68 Å². The second-order valence-electron chi connectivity index (χ2n) is 2.13. The van der Waals surface area contributed by atoms with Gasteiger partial charge in [0.25, 0.3) is 0 Å². The first kappa shape index (κ1) is 5.95. The Morgan fingerprint density at radius 2 is 2.18 bits per heavy atom. The summed E-state index contributed by atoms with van der Waals surface area (Å²) in [4.78, 5) is 5.65. The number of para-hydroxylation sites is 2. The fourth-order valence-electron chi connectivity index (χ4n) is 0.949. The van der Waals surface area contributed by atoms with Crippen LogP contribution in [0.4, 0.5) is 0 Å². The summed E-state index contributed by atoms with van der Waals surface area (Å²) >= 11 is 0. The number of H-pyrrole nitrogens is 1. The molecule has 2 rings (SSSR count). The highest BCUT2D eigenvalue weighted by atomic mass is 16.3. The molecular weight excluding hydrogens is 142 g/mol. The van der Waals surface area contributed by atoms with E-state index in [2.05, 4.69) is 9.77 Å². The van der Waals surface area contributed by atoms with Gasteiger partial charge in [-0.15, -0.1) is 0 Å². The van der Waals surface area contributed by atoms with Crippen LogP contribution in [-0.2, 0) is 0 Å². The topological polar surface area (TPSA) is 65.3 Å². The molecule has 2 aromatic rings. The molecule has 1 heterocycles. The van der Waals surface area contributed by atoms with Gasteiger partial charge in [0.15, 0.2) is 11.1 Å². The van der Waals surface area contributed by atoms with Crippen LogP contribution in [0.25, 0.3) is 16.6 Å². The average Bonchev–Trinajstić information content (AvgIpc) is 2.46. The van der Waals surface area contributed by atoms with Gasteiger partial charge in [0, 0.05) is 0 Å². The SMILES string of the molecule is [N-]=[N+]=c1[nH]c2ccccc2o1. The summed E-state index contributed by atoms with van der Waals surface area (Å²) in [5.74, 6) is 0. The summed E-state index contributed by atoms with van der Waals surface area (Å²) in [6, 6.07) is 7.35. The van der Waals surface area contributed by atoms with E-state index in [9.17, 15) is 0 Å². The number of rotatable bonds is 0. The highest BCUT2D eigenvalue weighted by Crippen LogP contribution is 2.06. The molecule has 0 aliphatic carbocycles. The monoisotopic (exact) mass is 147 g/mol. The third kappa shape index (κ3) is 0.855. The maximum absolute atomic E-state index is 8.34. The molecule has 4 heteroatoms. The van der Waals surface area contributed by atoms with Crippen molar-refractivity contribution >= 4 is 11.1 Å². The van der Waals surface area contributed by atoms with Gasteiger partial charge in [0.05, 0.1) is 0 Å². The standard InChI is InChI=1S/C7H5N3O/c8-10-7-9-5-3-1-2-4-6(5)11-7/h1-4,9H. The highest BCUT2D eigenvalue weighted by molar-refractivity contribution is 5.71. The number of hydrogen-bond donors (Lipinski definition) is 1. The molecule has 0 aliphatic heterocycles. The van der Waals surface area contributed by atoms with Crippen molar-refractivity contribution in [1.29, 1.82) is 0 Å². The van der Waals surface area contributed by atoms with E-state index in [1.165, 1.54) is 0 Å². The van der Waals surface area contributed by atoms with Gasteiger partial charge in [0.1, 0.15) is 0 Å². The molecule has 1 aromatic heterocycles. The van der Waals surface area contributed by atoms with Crippen molar-refractivity contribution in [3.05, 3.63) is 35.5 Å². The Kier molecular flexibility index (Phi) is 1.14. The average molecular weight is 147 g/mol. The lowest BCUT2D eigenvalue weighted by molar-refractivity contribution is -0.102. The highest BCUT2D eigenvalue weighted by Gasteiger charge is 2.01. The Hall–Kier alpha value is -1.80. The van der Waals surface area contributed by atoms with Gasteiger partial charge < -0.3 is 9.95 Å². The van der Waals surface area contributed by atoms with E-state index in [1.807, 2.05) is 18.2 Å². The second-order valence-corrected chi connectivity index (χ2v) is 2.13. The van der Waals surface area contributed by atoms with E-state index in [4.69, 9.17) is 9.95 Å². The van der Waals surface area contributed by atoms with Gasteiger partial charge in [-0.2, -0.15) is 4.98 Å². The van der Waals surface area contributed by atoms with Crippen LogP contribution in [0.15, 0.2) is 28.7 Å². The van der Waals surface area contributed by atoms with E-state index >= 15 is 0 Å². The zero-order valence-corrected chi connectivity index (χ0v) is 5.61.